The van der Waals surface area contributed by atoms with Gasteiger partial charge in [0.25, 0.3) is 5.91 Å². The third-order valence-corrected chi connectivity index (χ3v) is 5.30. The number of alkyl halides is 3. The van der Waals surface area contributed by atoms with Crippen LogP contribution in [-0.2, 0) is 10.9 Å². The minimum atomic E-state index is -4.66. The average molecular weight is 427 g/mol. The first-order valence-corrected chi connectivity index (χ1v) is 9.50. The largest absolute Gasteiger partial charge is 0.420 e. The van der Waals surface area contributed by atoms with Crippen LogP contribution in [0.4, 0.5) is 13.2 Å². The van der Waals surface area contributed by atoms with E-state index < -0.39 is 23.3 Å². The number of hydrogen-bond donors (Lipinski definition) is 1. The summed E-state index contributed by atoms with van der Waals surface area (Å²) in [4.78, 5) is 21.2. The van der Waals surface area contributed by atoms with Gasteiger partial charge in [-0.25, -0.2) is 4.98 Å². The Morgan fingerprint density at radius 3 is 2.86 bits per heavy atom. The number of nitrogens with zero attached hydrogens (tertiary/aromatic N) is 3. The van der Waals surface area contributed by atoms with Crippen LogP contribution in [0.5, 0.6) is 0 Å². The van der Waals surface area contributed by atoms with Crippen molar-refractivity contribution in [1.82, 2.24) is 19.3 Å². The number of aromatic amines is 1. The van der Waals surface area contributed by atoms with E-state index in [-0.39, 0.29) is 17.0 Å². The second-order valence-corrected chi connectivity index (χ2v) is 7.16. The van der Waals surface area contributed by atoms with Gasteiger partial charge in [-0.05, 0) is 25.5 Å². The summed E-state index contributed by atoms with van der Waals surface area (Å²) < 4.78 is 47.8. The molecule has 1 amide bonds. The maximum atomic E-state index is 13.7. The van der Waals surface area contributed by atoms with Gasteiger partial charge in [0.2, 0.25) is 0 Å². The Balaban J connectivity index is 1.79. The molecular weight excluding hydrogens is 409 g/mol. The highest BCUT2D eigenvalue weighted by atomic mass is 35.5. The lowest BCUT2D eigenvalue weighted by Gasteiger charge is -2.15. The van der Waals surface area contributed by atoms with Crippen molar-refractivity contribution in [2.24, 2.45) is 0 Å². The number of imidazole rings is 1. The molecule has 154 valence electrons. The number of ether oxygens (including phenoxy) is 1. The molecule has 3 aromatic heterocycles. The zero-order valence-electron chi connectivity index (χ0n) is 15.5. The van der Waals surface area contributed by atoms with Crippen molar-refractivity contribution >= 4 is 23.2 Å². The van der Waals surface area contributed by atoms with Crippen molar-refractivity contribution in [2.75, 3.05) is 19.7 Å². The Labute approximate surface area is 169 Å². The van der Waals surface area contributed by atoms with Crippen LogP contribution in [-0.4, -0.2) is 51.0 Å². The van der Waals surface area contributed by atoms with E-state index in [1.807, 2.05) is 6.92 Å². The van der Waals surface area contributed by atoms with Crippen molar-refractivity contribution in [2.45, 2.75) is 25.6 Å². The molecule has 6 nitrogen and oxygen atoms in total. The molecule has 1 atom stereocenters. The van der Waals surface area contributed by atoms with Crippen LogP contribution in [0.3, 0.4) is 0 Å². The van der Waals surface area contributed by atoms with Crippen LogP contribution in [0.1, 0.15) is 29.4 Å². The summed E-state index contributed by atoms with van der Waals surface area (Å²) in [7, 11) is 0. The monoisotopic (exact) mass is 426 g/mol. The van der Waals surface area contributed by atoms with Crippen molar-refractivity contribution in [3.05, 3.63) is 47.1 Å². The van der Waals surface area contributed by atoms with Crippen molar-refractivity contribution < 1.29 is 22.7 Å². The number of aromatic nitrogens is 3. The van der Waals surface area contributed by atoms with Crippen LogP contribution in [0.25, 0.3) is 16.8 Å². The molecule has 1 N–H and O–H groups in total. The summed E-state index contributed by atoms with van der Waals surface area (Å²) in [6.45, 7) is 3.19. The molecule has 1 fully saturated rings. The number of pyridine rings is 1. The standard InChI is InChI=1S/C19H18ClF3N4O2/c1-2-29-13-4-6-26(10-13)18(28)15-16(20)27-9-12(11-3-5-24-8-11)7-14(17(27)25-15)19(21,22)23/h3,5,7-9,13,24H,2,4,6,10H2,1H3. The third-order valence-electron chi connectivity index (χ3n) is 4.94. The summed E-state index contributed by atoms with van der Waals surface area (Å²) in [5.41, 5.74) is -0.673. The highest BCUT2D eigenvalue weighted by molar-refractivity contribution is 6.33. The van der Waals surface area contributed by atoms with Crippen LogP contribution in [0.2, 0.25) is 5.15 Å². The molecule has 1 aliphatic heterocycles. The Bertz CT molecular complexity index is 1050. The van der Waals surface area contributed by atoms with E-state index in [0.717, 1.165) is 10.5 Å². The van der Waals surface area contributed by atoms with Gasteiger partial charge in [0.15, 0.2) is 11.3 Å². The number of likely N-dealkylation sites (tertiary alicyclic amines) is 1. The van der Waals surface area contributed by atoms with Gasteiger partial charge in [-0.3, -0.25) is 9.20 Å². The fourth-order valence-electron chi connectivity index (χ4n) is 3.56. The van der Waals surface area contributed by atoms with E-state index in [1.165, 1.54) is 11.1 Å². The lowest BCUT2D eigenvalue weighted by molar-refractivity contribution is -0.136. The first kappa shape index (κ1) is 19.8. The number of halogens is 4. The second kappa shape index (κ2) is 7.38. The highest BCUT2D eigenvalue weighted by Crippen LogP contribution is 2.37. The lowest BCUT2D eigenvalue weighted by Crippen LogP contribution is -2.30. The Kier molecular flexibility index (Phi) is 5.04. The van der Waals surface area contributed by atoms with Crippen LogP contribution in [0, 0.1) is 0 Å². The van der Waals surface area contributed by atoms with Gasteiger partial charge in [-0.1, -0.05) is 11.6 Å². The van der Waals surface area contributed by atoms with Gasteiger partial charge in [0.1, 0.15) is 5.15 Å². The summed E-state index contributed by atoms with van der Waals surface area (Å²) in [6.07, 6.45) is 0.556. The van der Waals surface area contributed by atoms with Crippen molar-refractivity contribution in [3.63, 3.8) is 0 Å². The molecule has 1 saturated heterocycles. The predicted molar refractivity (Wildman–Crippen MR) is 101 cm³/mol. The fourth-order valence-corrected chi connectivity index (χ4v) is 3.81. The first-order chi connectivity index (χ1) is 13.8. The number of carbonyl (C=O) groups is 1. The fraction of sp³-hybridized carbons (Fsp3) is 0.368. The number of amides is 1. The molecule has 0 saturated carbocycles. The van der Waals surface area contributed by atoms with E-state index in [0.29, 0.717) is 37.2 Å². The minimum Gasteiger partial charge on any atom is -0.377 e. The zero-order chi connectivity index (χ0) is 20.8. The van der Waals surface area contributed by atoms with Crippen molar-refractivity contribution in [3.8, 4) is 11.1 Å². The molecule has 3 aromatic rings. The topological polar surface area (TPSA) is 62.6 Å². The maximum Gasteiger partial charge on any atom is 0.420 e. The smallest absolute Gasteiger partial charge is 0.377 e. The van der Waals surface area contributed by atoms with Gasteiger partial charge >= 0.3 is 6.18 Å². The summed E-state index contributed by atoms with van der Waals surface area (Å²) in [6, 6.07) is 2.66. The third kappa shape index (κ3) is 3.60. The molecule has 1 unspecified atom stereocenters. The number of carbonyl (C=O) groups excluding carboxylic acids is 1. The molecule has 0 aromatic carbocycles. The molecular formula is C19H18ClF3N4O2. The normalized spacial score (nSPS) is 17.4. The first-order valence-electron chi connectivity index (χ1n) is 9.12. The van der Waals surface area contributed by atoms with Gasteiger partial charge in [0.05, 0.1) is 11.7 Å². The summed E-state index contributed by atoms with van der Waals surface area (Å²) in [5, 5.41) is -0.146. The number of fused-ring (bicyclic) bond motifs is 1. The van der Waals surface area contributed by atoms with Gasteiger partial charge < -0.3 is 14.6 Å². The van der Waals surface area contributed by atoms with Crippen LogP contribution >= 0.6 is 11.6 Å². The summed E-state index contributed by atoms with van der Waals surface area (Å²) >= 11 is 6.33. The number of hydrogen-bond acceptors (Lipinski definition) is 3. The van der Waals surface area contributed by atoms with E-state index >= 15 is 0 Å². The lowest BCUT2D eigenvalue weighted by atomic mass is 10.1. The Morgan fingerprint density at radius 2 is 2.21 bits per heavy atom. The Morgan fingerprint density at radius 1 is 1.41 bits per heavy atom. The highest BCUT2D eigenvalue weighted by Gasteiger charge is 2.37. The molecule has 0 spiro atoms. The van der Waals surface area contributed by atoms with Gasteiger partial charge in [0, 0.05) is 49.4 Å². The quantitative estimate of drug-likeness (QED) is 0.678. The van der Waals surface area contributed by atoms with Crippen LogP contribution < -0.4 is 0 Å². The average Bonchev–Trinajstić information content (AvgIpc) is 3.41. The SMILES string of the molecule is CCOC1CCN(C(=O)c2nc3c(C(F)(F)F)cc(-c4cc[nH]c4)cn3c2Cl)C1. The molecule has 4 rings (SSSR count). The summed E-state index contributed by atoms with van der Waals surface area (Å²) in [5.74, 6) is -0.503. The predicted octanol–water partition coefficient (Wildman–Crippen LogP) is 4.25. The van der Waals surface area contributed by atoms with E-state index in [1.54, 1.807) is 18.5 Å². The molecule has 29 heavy (non-hydrogen) atoms. The Hall–Kier alpha value is -2.52. The molecule has 0 aliphatic carbocycles. The second-order valence-electron chi connectivity index (χ2n) is 6.80. The van der Waals surface area contributed by atoms with E-state index in [9.17, 15) is 18.0 Å². The van der Waals surface area contributed by atoms with Crippen LogP contribution in [0.15, 0.2) is 30.7 Å². The molecule has 4 heterocycles. The van der Waals surface area contributed by atoms with Gasteiger partial charge in [-0.2, -0.15) is 13.2 Å². The zero-order valence-corrected chi connectivity index (χ0v) is 16.2. The molecule has 1 aliphatic rings. The number of nitrogens with one attached hydrogen (secondary N) is 1. The molecule has 0 radical (unpaired) electrons. The van der Waals surface area contributed by atoms with E-state index in [4.69, 9.17) is 16.3 Å². The molecule has 10 heteroatoms. The van der Waals surface area contributed by atoms with Crippen molar-refractivity contribution in [1.29, 1.82) is 0 Å². The van der Waals surface area contributed by atoms with E-state index in [2.05, 4.69) is 9.97 Å². The van der Waals surface area contributed by atoms with Gasteiger partial charge in [-0.15, -0.1) is 0 Å². The minimum absolute atomic E-state index is 0.0920. The number of H-pyrrole nitrogens is 1. The number of rotatable bonds is 4. The maximum absolute atomic E-state index is 13.7. The molecule has 0 bridgehead atoms.